The van der Waals surface area contributed by atoms with Gasteiger partial charge in [0, 0.05) is 37.4 Å². The summed E-state index contributed by atoms with van der Waals surface area (Å²) in [6.45, 7) is 1.98. The van der Waals surface area contributed by atoms with Crippen LogP contribution in [0.2, 0.25) is 0 Å². The molecular weight excluding hydrogens is 316 g/mol. The minimum atomic E-state index is 0.0322. The Hall–Kier alpha value is -2.73. The number of carbonyl (C=O) groups excluding carboxylic acids is 1. The molecule has 0 saturated heterocycles. The summed E-state index contributed by atoms with van der Waals surface area (Å²) in [5.74, 6) is 0.0322. The van der Waals surface area contributed by atoms with Gasteiger partial charge in [-0.15, -0.1) is 0 Å². The van der Waals surface area contributed by atoms with E-state index in [0.717, 1.165) is 17.5 Å². The summed E-state index contributed by atoms with van der Waals surface area (Å²) in [5, 5.41) is 4.97. The van der Waals surface area contributed by atoms with E-state index in [1.807, 2.05) is 55.4 Å². The first-order chi connectivity index (χ1) is 12.1. The lowest BCUT2D eigenvalue weighted by atomic mass is 10.1. The molecule has 0 saturated carbocycles. The lowest BCUT2D eigenvalue weighted by molar-refractivity contribution is -0.131. The molecule has 6 heteroatoms. The monoisotopic (exact) mass is 338 g/mol. The smallest absolute Gasteiger partial charge is 0.229 e. The molecule has 0 aliphatic rings. The molecule has 25 heavy (non-hydrogen) atoms. The van der Waals surface area contributed by atoms with Gasteiger partial charge in [0.2, 0.25) is 5.91 Å². The third-order valence-corrected chi connectivity index (χ3v) is 4.04. The van der Waals surface area contributed by atoms with E-state index in [1.165, 1.54) is 0 Å². The number of fused-ring (bicyclic) bond motifs is 1. The molecule has 0 aliphatic carbocycles. The van der Waals surface area contributed by atoms with Gasteiger partial charge in [0.05, 0.1) is 6.42 Å². The fourth-order valence-electron chi connectivity index (χ4n) is 2.65. The van der Waals surface area contributed by atoms with Crippen LogP contribution in [-0.4, -0.2) is 53.0 Å². The Balaban J connectivity index is 1.75. The van der Waals surface area contributed by atoms with Crippen molar-refractivity contribution in [2.75, 3.05) is 27.2 Å². The largest absolute Gasteiger partial charge is 0.356 e. The molecule has 0 fully saturated rings. The number of nitrogens with zero attached hydrogens (tertiary/aromatic N) is 4. The van der Waals surface area contributed by atoms with Gasteiger partial charge in [0.15, 0.2) is 5.58 Å². The van der Waals surface area contributed by atoms with Gasteiger partial charge in [-0.1, -0.05) is 23.4 Å². The fourth-order valence-corrected chi connectivity index (χ4v) is 2.65. The molecule has 2 heterocycles. The van der Waals surface area contributed by atoms with E-state index < -0.39 is 0 Å². The molecule has 2 aromatic heterocycles. The van der Waals surface area contributed by atoms with Crippen LogP contribution in [0.15, 0.2) is 53.3 Å². The molecule has 0 atom stereocenters. The number of benzene rings is 1. The van der Waals surface area contributed by atoms with Crippen molar-refractivity contribution in [1.29, 1.82) is 0 Å². The Morgan fingerprint density at radius 1 is 1.12 bits per heavy atom. The number of amides is 1. The Kier molecular flexibility index (Phi) is 5.40. The van der Waals surface area contributed by atoms with Crippen LogP contribution in [0.5, 0.6) is 0 Å². The van der Waals surface area contributed by atoms with E-state index in [-0.39, 0.29) is 12.3 Å². The Labute approximate surface area is 147 Å². The molecule has 1 aromatic carbocycles. The van der Waals surface area contributed by atoms with Crippen molar-refractivity contribution in [3.05, 3.63) is 60.0 Å². The Morgan fingerprint density at radius 3 is 2.72 bits per heavy atom. The molecule has 3 rings (SSSR count). The highest BCUT2D eigenvalue weighted by molar-refractivity contribution is 5.86. The first-order valence-electron chi connectivity index (χ1n) is 8.28. The van der Waals surface area contributed by atoms with Crippen LogP contribution in [0.3, 0.4) is 0 Å². The molecule has 0 N–H and O–H groups in total. The van der Waals surface area contributed by atoms with Crippen LogP contribution in [0.4, 0.5) is 0 Å². The molecule has 0 radical (unpaired) electrons. The highest BCUT2D eigenvalue weighted by Crippen LogP contribution is 2.19. The maximum Gasteiger partial charge on any atom is 0.229 e. The fraction of sp³-hybridized carbons (Fsp3) is 0.316. The summed E-state index contributed by atoms with van der Waals surface area (Å²) in [6, 6.07) is 11.5. The lowest BCUT2D eigenvalue weighted by Crippen LogP contribution is -2.37. The first kappa shape index (κ1) is 17.1. The normalized spacial score (nSPS) is 11.2. The molecule has 6 nitrogen and oxygen atoms in total. The van der Waals surface area contributed by atoms with Gasteiger partial charge >= 0.3 is 0 Å². The van der Waals surface area contributed by atoms with Crippen LogP contribution < -0.4 is 0 Å². The molecule has 1 amide bonds. The van der Waals surface area contributed by atoms with Gasteiger partial charge < -0.3 is 14.3 Å². The van der Waals surface area contributed by atoms with Crippen LogP contribution >= 0.6 is 0 Å². The number of hydrogen-bond acceptors (Lipinski definition) is 5. The second-order valence-electron chi connectivity index (χ2n) is 6.28. The summed E-state index contributed by atoms with van der Waals surface area (Å²) < 4.78 is 5.31. The van der Waals surface area contributed by atoms with E-state index >= 15 is 0 Å². The number of likely N-dealkylation sites (N-methyl/N-ethyl adjacent to an activating group) is 1. The topological polar surface area (TPSA) is 62.5 Å². The van der Waals surface area contributed by atoms with Gasteiger partial charge in [-0.2, -0.15) is 0 Å². The van der Waals surface area contributed by atoms with Gasteiger partial charge in [0.25, 0.3) is 0 Å². The zero-order valence-corrected chi connectivity index (χ0v) is 14.6. The molecular formula is C19H22N4O2. The summed E-state index contributed by atoms with van der Waals surface area (Å²) in [4.78, 5) is 20.9. The Morgan fingerprint density at radius 2 is 1.96 bits per heavy atom. The van der Waals surface area contributed by atoms with Crippen molar-refractivity contribution in [3.8, 4) is 0 Å². The van der Waals surface area contributed by atoms with Crippen LogP contribution in [0, 0.1) is 0 Å². The quantitative estimate of drug-likeness (QED) is 0.662. The minimum absolute atomic E-state index is 0.0322. The van der Waals surface area contributed by atoms with Crippen molar-refractivity contribution >= 4 is 16.9 Å². The number of para-hydroxylation sites is 1. The number of pyridine rings is 1. The van der Waals surface area contributed by atoms with Gasteiger partial charge in [-0.3, -0.25) is 9.78 Å². The van der Waals surface area contributed by atoms with Crippen molar-refractivity contribution in [2.24, 2.45) is 0 Å². The third-order valence-electron chi connectivity index (χ3n) is 4.04. The number of aromatic nitrogens is 2. The average molecular weight is 338 g/mol. The van der Waals surface area contributed by atoms with E-state index in [2.05, 4.69) is 15.0 Å². The maximum atomic E-state index is 12.9. The number of carbonyl (C=O) groups is 1. The predicted octanol–water partition coefficient (Wildman–Crippen LogP) is 2.36. The van der Waals surface area contributed by atoms with E-state index in [9.17, 15) is 4.79 Å². The zero-order chi connectivity index (χ0) is 17.6. The maximum absolute atomic E-state index is 12.9. The highest BCUT2D eigenvalue weighted by atomic mass is 16.5. The number of rotatable bonds is 7. The van der Waals surface area contributed by atoms with Gasteiger partial charge in [0.1, 0.15) is 5.69 Å². The molecule has 130 valence electrons. The van der Waals surface area contributed by atoms with Crippen molar-refractivity contribution < 1.29 is 9.32 Å². The minimum Gasteiger partial charge on any atom is -0.356 e. The predicted molar refractivity (Wildman–Crippen MR) is 95.9 cm³/mol. The van der Waals surface area contributed by atoms with E-state index in [1.54, 1.807) is 12.4 Å². The van der Waals surface area contributed by atoms with Gasteiger partial charge in [-0.25, -0.2) is 0 Å². The first-order valence-corrected chi connectivity index (χ1v) is 8.28. The number of hydrogen-bond donors (Lipinski definition) is 0. The standard InChI is InChI=1S/C19H22N4O2/c1-22(2)10-11-23(14-15-6-5-9-20-13-15)19(24)12-17-16-7-3-4-8-18(16)25-21-17/h3-9,13H,10-12,14H2,1-2H3. The molecule has 0 spiro atoms. The summed E-state index contributed by atoms with van der Waals surface area (Å²) in [5.41, 5.74) is 2.40. The van der Waals surface area contributed by atoms with Gasteiger partial charge in [-0.05, 0) is 37.9 Å². The highest BCUT2D eigenvalue weighted by Gasteiger charge is 2.18. The SMILES string of the molecule is CN(C)CCN(Cc1cccnc1)C(=O)Cc1noc2ccccc12. The summed E-state index contributed by atoms with van der Waals surface area (Å²) in [7, 11) is 4.00. The van der Waals surface area contributed by atoms with Crippen molar-refractivity contribution in [3.63, 3.8) is 0 Å². The lowest BCUT2D eigenvalue weighted by Gasteiger charge is -2.24. The third kappa shape index (κ3) is 4.42. The van der Waals surface area contributed by atoms with E-state index in [0.29, 0.717) is 24.4 Å². The Bertz CT molecular complexity index is 830. The average Bonchev–Trinajstić information content (AvgIpc) is 3.02. The molecule has 3 aromatic rings. The molecule has 0 aliphatic heterocycles. The van der Waals surface area contributed by atoms with Crippen molar-refractivity contribution in [1.82, 2.24) is 19.9 Å². The van der Waals surface area contributed by atoms with Crippen LogP contribution in [-0.2, 0) is 17.8 Å². The van der Waals surface area contributed by atoms with Crippen LogP contribution in [0.25, 0.3) is 11.0 Å². The summed E-state index contributed by atoms with van der Waals surface area (Å²) in [6.07, 6.45) is 3.75. The second-order valence-corrected chi connectivity index (χ2v) is 6.28. The molecule has 0 unspecified atom stereocenters. The van der Waals surface area contributed by atoms with Crippen LogP contribution in [0.1, 0.15) is 11.3 Å². The zero-order valence-electron chi connectivity index (χ0n) is 14.6. The second kappa shape index (κ2) is 7.90. The van der Waals surface area contributed by atoms with E-state index in [4.69, 9.17) is 4.52 Å². The van der Waals surface area contributed by atoms with Crippen molar-refractivity contribution in [2.45, 2.75) is 13.0 Å². The molecule has 0 bridgehead atoms. The summed E-state index contributed by atoms with van der Waals surface area (Å²) >= 11 is 0.